The highest BCUT2D eigenvalue weighted by Crippen LogP contribution is 2.23. The number of carbonyl (C=O) groups is 1. The quantitative estimate of drug-likeness (QED) is 0.792. The fourth-order valence-corrected chi connectivity index (χ4v) is 3.44. The smallest absolute Gasteiger partial charge is 0.324 e. The van der Waals surface area contributed by atoms with E-state index >= 15 is 0 Å². The van der Waals surface area contributed by atoms with E-state index in [2.05, 4.69) is 15.2 Å². The SMILES string of the molecule is CCOC(=O)[C@@H]1CSCN1Cn1nnc2ccccc21. The molecule has 20 heavy (non-hydrogen) atoms. The van der Waals surface area contributed by atoms with Gasteiger partial charge in [0.15, 0.2) is 0 Å². The molecule has 1 aromatic heterocycles. The van der Waals surface area contributed by atoms with Crippen molar-refractivity contribution in [3.05, 3.63) is 24.3 Å². The minimum Gasteiger partial charge on any atom is -0.465 e. The average Bonchev–Trinajstić information content (AvgIpc) is 3.07. The summed E-state index contributed by atoms with van der Waals surface area (Å²) in [5.41, 5.74) is 1.85. The summed E-state index contributed by atoms with van der Waals surface area (Å²) in [4.78, 5) is 14.0. The van der Waals surface area contributed by atoms with Gasteiger partial charge in [-0.1, -0.05) is 17.3 Å². The lowest BCUT2D eigenvalue weighted by Crippen LogP contribution is -2.40. The van der Waals surface area contributed by atoms with E-state index in [0.717, 1.165) is 22.7 Å². The van der Waals surface area contributed by atoms with Gasteiger partial charge in [0.05, 0.1) is 18.8 Å². The minimum absolute atomic E-state index is 0.151. The number of thioether (sulfide) groups is 1. The Balaban J connectivity index is 1.78. The zero-order valence-corrected chi connectivity index (χ0v) is 12.0. The van der Waals surface area contributed by atoms with Gasteiger partial charge >= 0.3 is 5.97 Å². The van der Waals surface area contributed by atoms with Crippen LogP contribution in [0.15, 0.2) is 24.3 Å². The number of fused-ring (bicyclic) bond motifs is 1. The molecule has 6 nitrogen and oxygen atoms in total. The van der Waals surface area contributed by atoms with Gasteiger partial charge in [0.25, 0.3) is 0 Å². The Morgan fingerprint density at radius 3 is 3.20 bits per heavy atom. The lowest BCUT2D eigenvalue weighted by molar-refractivity contribution is -0.148. The molecular weight excluding hydrogens is 276 g/mol. The second-order valence-electron chi connectivity index (χ2n) is 4.58. The van der Waals surface area contributed by atoms with Gasteiger partial charge in [-0.3, -0.25) is 9.69 Å². The molecule has 2 aromatic rings. The summed E-state index contributed by atoms with van der Waals surface area (Å²) in [7, 11) is 0. The maximum absolute atomic E-state index is 11.9. The van der Waals surface area contributed by atoms with Crippen LogP contribution in [0.1, 0.15) is 6.92 Å². The summed E-state index contributed by atoms with van der Waals surface area (Å²) in [6.45, 7) is 2.80. The van der Waals surface area contributed by atoms with Crippen molar-refractivity contribution in [1.82, 2.24) is 19.9 Å². The van der Waals surface area contributed by atoms with Crippen molar-refractivity contribution < 1.29 is 9.53 Å². The monoisotopic (exact) mass is 292 g/mol. The second-order valence-corrected chi connectivity index (χ2v) is 5.58. The van der Waals surface area contributed by atoms with E-state index in [-0.39, 0.29) is 12.0 Å². The Bertz CT molecular complexity index is 615. The molecule has 0 saturated carbocycles. The molecule has 0 aliphatic carbocycles. The first-order chi connectivity index (χ1) is 9.79. The van der Waals surface area contributed by atoms with Crippen LogP contribution in [-0.4, -0.2) is 50.1 Å². The van der Waals surface area contributed by atoms with Crippen LogP contribution >= 0.6 is 11.8 Å². The molecule has 0 radical (unpaired) electrons. The Labute approximate surface area is 121 Å². The van der Waals surface area contributed by atoms with Crippen LogP contribution in [0.4, 0.5) is 0 Å². The van der Waals surface area contributed by atoms with Gasteiger partial charge in [-0.05, 0) is 19.1 Å². The van der Waals surface area contributed by atoms with E-state index in [1.54, 1.807) is 11.8 Å². The van der Waals surface area contributed by atoms with Crippen molar-refractivity contribution >= 4 is 28.8 Å². The Hall–Kier alpha value is -1.60. The van der Waals surface area contributed by atoms with E-state index in [1.807, 2.05) is 35.9 Å². The van der Waals surface area contributed by atoms with E-state index in [4.69, 9.17) is 4.74 Å². The van der Waals surface area contributed by atoms with Crippen LogP contribution in [0, 0.1) is 0 Å². The molecule has 0 spiro atoms. The van der Waals surface area contributed by atoms with Crippen LogP contribution in [0.25, 0.3) is 11.0 Å². The molecule has 0 bridgehead atoms. The fourth-order valence-electron chi connectivity index (χ4n) is 2.27. The van der Waals surface area contributed by atoms with E-state index < -0.39 is 0 Å². The normalized spacial score (nSPS) is 19.6. The van der Waals surface area contributed by atoms with Gasteiger partial charge in [-0.2, -0.15) is 0 Å². The number of hydrogen-bond donors (Lipinski definition) is 0. The number of aromatic nitrogens is 3. The predicted molar refractivity (Wildman–Crippen MR) is 77.1 cm³/mol. The number of ether oxygens (including phenoxy) is 1. The molecule has 1 aliphatic heterocycles. The van der Waals surface area contributed by atoms with Crippen LogP contribution in [0.3, 0.4) is 0 Å². The molecule has 106 valence electrons. The molecule has 2 heterocycles. The molecule has 7 heteroatoms. The van der Waals surface area contributed by atoms with Gasteiger partial charge < -0.3 is 4.74 Å². The number of benzene rings is 1. The maximum atomic E-state index is 11.9. The van der Waals surface area contributed by atoms with Crippen LogP contribution in [0.2, 0.25) is 0 Å². The van der Waals surface area contributed by atoms with E-state index in [1.165, 1.54) is 0 Å². The van der Waals surface area contributed by atoms with Crippen LogP contribution in [0.5, 0.6) is 0 Å². The first-order valence-corrected chi connectivity index (χ1v) is 7.71. The highest BCUT2D eigenvalue weighted by atomic mass is 32.2. The van der Waals surface area contributed by atoms with Gasteiger partial charge in [0, 0.05) is 11.6 Å². The number of carbonyl (C=O) groups excluding carboxylic acids is 1. The zero-order valence-electron chi connectivity index (χ0n) is 11.2. The molecule has 0 N–H and O–H groups in total. The van der Waals surface area contributed by atoms with E-state index in [0.29, 0.717) is 13.3 Å². The fraction of sp³-hybridized carbons (Fsp3) is 0.462. The first kappa shape index (κ1) is 13.4. The predicted octanol–water partition coefficient (Wildman–Crippen LogP) is 1.33. The van der Waals surface area contributed by atoms with Crippen molar-refractivity contribution in [3.63, 3.8) is 0 Å². The third-order valence-corrected chi connectivity index (χ3v) is 4.33. The molecule has 0 unspecified atom stereocenters. The summed E-state index contributed by atoms with van der Waals surface area (Å²) in [5, 5.41) is 8.29. The maximum Gasteiger partial charge on any atom is 0.324 e. The number of nitrogens with zero attached hydrogens (tertiary/aromatic N) is 4. The second kappa shape index (κ2) is 5.80. The van der Waals surface area contributed by atoms with Gasteiger partial charge in [-0.25, -0.2) is 4.68 Å². The molecule has 0 amide bonds. The van der Waals surface area contributed by atoms with Crippen molar-refractivity contribution in [3.8, 4) is 0 Å². The Morgan fingerprint density at radius 2 is 2.35 bits per heavy atom. The van der Waals surface area contributed by atoms with Crippen LogP contribution in [-0.2, 0) is 16.2 Å². The number of rotatable bonds is 4. The zero-order chi connectivity index (χ0) is 13.9. The highest BCUT2D eigenvalue weighted by molar-refractivity contribution is 7.99. The third-order valence-electron chi connectivity index (χ3n) is 3.27. The summed E-state index contributed by atoms with van der Waals surface area (Å²) in [6.07, 6.45) is 0. The van der Waals surface area contributed by atoms with Gasteiger partial charge in [0.1, 0.15) is 11.6 Å². The largest absolute Gasteiger partial charge is 0.465 e. The molecule has 1 aromatic carbocycles. The number of esters is 1. The minimum atomic E-state index is -0.192. The molecule has 1 saturated heterocycles. The van der Waals surface area contributed by atoms with Crippen molar-refractivity contribution in [2.45, 2.75) is 19.6 Å². The molecule has 1 fully saturated rings. The summed E-state index contributed by atoms with van der Waals surface area (Å²) in [6, 6.07) is 7.62. The number of hydrogen-bond acceptors (Lipinski definition) is 6. The molecule has 3 rings (SSSR count). The van der Waals surface area contributed by atoms with Gasteiger partial charge in [-0.15, -0.1) is 16.9 Å². The Morgan fingerprint density at radius 1 is 1.50 bits per heavy atom. The summed E-state index contributed by atoms with van der Waals surface area (Å²) in [5.74, 6) is 1.42. The highest BCUT2D eigenvalue weighted by Gasteiger charge is 2.32. The standard InChI is InChI=1S/C13H16N4O2S/c1-2-19-13(18)12-7-20-9-16(12)8-17-11-6-4-3-5-10(11)14-15-17/h3-6,12H,2,7-9H2,1H3/t12-/m0/s1. The van der Waals surface area contributed by atoms with Crippen molar-refractivity contribution in [2.75, 3.05) is 18.2 Å². The number of para-hydroxylation sites is 1. The van der Waals surface area contributed by atoms with Gasteiger partial charge in [0.2, 0.25) is 0 Å². The Kier molecular flexibility index (Phi) is 3.88. The van der Waals surface area contributed by atoms with Crippen molar-refractivity contribution in [2.24, 2.45) is 0 Å². The van der Waals surface area contributed by atoms with E-state index in [9.17, 15) is 4.79 Å². The first-order valence-electron chi connectivity index (χ1n) is 6.56. The molecular formula is C13H16N4O2S. The average molecular weight is 292 g/mol. The van der Waals surface area contributed by atoms with Crippen molar-refractivity contribution in [1.29, 1.82) is 0 Å². The molecule has 1 atom stereocenters. The summed E-state index contributed by atoms with van der Waals surface area (Å²) < 4.78 is 6.95. The lowest BCUT2D eigenvalue weighted by atomic mass is 10.3. The van der Waals surface area contributed by atoms with Crippen LogP contribution < -0.4 is 0 Å². The summed E-state index contributed by atoms with van der Waals surface area (Å²) >= 11 is 1.74. The third kappa shape index (κ3) is 2.51. The lowest BCUT2D eigenvalue weighted by Gasteiger charge is -2.21. The topological polar surface area (TPSA) is 60.2 Å². The molecule has 1 aliphatic rings.